The molecule has 5 nitrogen and oxygen atoms in total. The molecule has 4 rings (SSSR count). The zero-order chi connectivity index (χ0) is 19.9. The number of para-hydroxylation sites is 1. The third-order valence-electron chi connectivity index (χ3n) is 5.60. The number of hydrogen-bond donors (Lipinski definition) is 1. The van der Waals surface area contributed by atoms with E-state index in [-0.39, 0.29) is 0 Å². The van der Waals surface area contributed by atoms with Crippen LogP contribution < -0.4 is 10.2 Å². The van der Waals surface area contributed by atoms with Gasteiger partial charge in [-0.15, -0.1) is 0 Å². The van der Waals surface area contributed by atoms with Crippen LogP contribution in [0.1, 0.15) is 36.1 Å². The van der Waals surface area contributed by atoms with Crippen LogP contribution in [0.25, 0.3) is 0 Å². The van der Waals surface area contributed by atoms with Crippen molar-refractivity contribution in [1.82, 2.24) is 14.9 Å². The van der Waals surface area contributed by atoms with Gasteiger partial charge in [0, 0.05) is 44.1 Å². The molecule has 1 aliphatic rings. The quantitative estimate of drug-likeness (QED) is 0.698. The highest BCUT2D eigenvalue weighted by Crippen LogP contribution is 2.19. The van der Waals surface area contributed by atoms with E-state index < -0.39 is 0 Å². The van der Waals surface area contributed by atoms with E-state index >= 15 is 0 Å². The highest BCUT2D eigenvalue weighted by atomic mass is 15.2. The van der Waals surface area contributed by atoms with Crippen LogP contribution in [-0.4, -0.2) is 28.7 Å². The maximum absolute atomic E-state index is 8.96. The predicted octanol–water partition coefficient (Wildman–Crippen LogP) is 3.95. The Kier molecular flexibility index (Phi) is 6.23. The first-order chi connectivity index (χ1) is 14.3. The van der Waals surface area contributed by atoms with Crippen molar-refractivity contribution in [2.45, 2.75) is 38.4 Å². The fourth-order valence-corrected chi connectivity index (χ4v) is 3.95. The molecule has 0 aliphatic carbocycles. The molecule has 1 saturated heterocycles. The minimum atomic E-state index is 0.468. The van der Waals surface area contributed by atoms with Crippen molar-refractivity contribution in [2.75, 3.05) is 18.0 Å². The Labute approximate surface area is 172 Å². The SMILES string of the molecule is N#Cc1ccc(Cn2cncc2CNC2CCCCN(c3ccccc3)C2)cc1. The normalized spacial score (nSPS) is 16.9. The predicted molar refractivity (Wildman–Crippen MR) is 116 cm³/mol. The summed E-state index contributed by atoms with van der Waals surface area (Å²) < 4.78 is 2.18. The summed E-state index contributed by atoms with van der Waals surface area (Å²) in [6, 6.07) is 21.1. The second kappa shape index (κ2) is 9.40. The van der Waals surface area contributed by atoms with E-state index in [1.54, 1.807) is 0 Å². The van der Waals surface area contributed by atoms with Gasteiger partial charge in [-0.3, -0.25) is 0 Å². The molecule has 2 heterocycles. The lowest BCUT2D eigenvalue weighted by molar-refractivity contribution is 0.478. The fourth-order valence-electron chi connectivity index (χ4n) is 3.95. The molecule has 1 fully saturated rings. The number of anilines is 1. The smallest absolute Gasteiger partial charge is 0.0991 e. The summed E-state index contributed by atoms with van der Waals surface area (Å²) in [5, 5.41) is 12.7. The molecule has 1 aliphatic heterocycles. The van der Waals surface area contributed by atoms with Crippen LogP contribution in [0.3, 0.4) is 0 Å². The van der Waals surface area contributed by atoms with E-state index in [4.69, 9.17) is 5.26 Å². The Hall–Kier alpha value is -3.10. The number of rotatable bonds is 6. The average Bonchev–Trinajstić information content (AvgIpc) is 3.07. The molecule has 1 atom stereocenters. The summed E-state index contributed by atoms with van der Waals surface area (Å²) in [5.41, 5.74) is 4.36. The molecule has 5 heteroatoms. The fraction of sp³-hybridized carbons (Fsp3) is 0.333. The average molecular weight is 386 g/mol. The van der Waals surface area contributed by atoms with Crippen molar-refractivity contribution < 1.29 is 0 Å². The van der Waals surface area contributed by atoms with Crippen molar-refractivity contribution in [3.05, 3.63) is 83.9 Å². The van der Waals surface area contributed by atoms with Crippen molar-refractivity contribution in [3.63, 3.8) is 0 Å². The first-order valence-electron chi connectivity index (χ1n) is 10.3. The number of nitrogens with zero attached hydrogens (tertiary/aromatic N) is 4. The van der Waals surface area contributed by atoms with Crippen LogP contribution in [0.5, 0.6) is 0 Å². The van der Waals surface area contributed by atoms with Crippen LogP contribution in [0.2, 0.25) is 0 Å². The molecule has 29 heavy (non-hydrogen) atoms. The minimum Gasteiger partial charge on any atom is -0.370 e. The van der Waals surface area contributed by atoms with Crippen LogP contribution in [0, 0.1) is 11.3 Å². The summed E-state index contributed by atoms with van der Waals surface area (Å²) in [6.07, 6.45) is 7.53. The summed E-state index contributed by atoms with van der Waals surface area (Å²) in [5.74, 6) is 0. The molecule has 0 amide bonds. The molecule has 1 N–H and O–H groups in total. The van der Waals surface area contributed by atoms with Crippen molar-refractivity contribution in [1.29, 1.82) is 5.26 Å². The van der Waals surface area contributed by atoms with E-state index in [1.165, 1.54) is 36.2 Å². The number of aromatic nitrogens is 2. The van der Waals surface area contributed by atoms with Crippen LogP contribution in [0.4, 0.5) is 5.69 Å². The molecular weight excluding hydrogens is 358 g/mol. The molecule has 3 aromatic rings. The first kappa shape index (κ1) is 19.2. The molecule has 0 radical (unpaired) electrons. The summed E-state index contributed by atoms with van der Waals surface area (Å²) >= 11 is 0. The maximum Gasteiger partial charge on any atom is 0.0991 e. The van der Waals surface area contributed by atoms with Gasteiger partial charge in [0.25, 0.3) is 0 Å². The van der Waals surface area contributed by atoms with Crippen LogP contribution >= 0.6 is 0 Å². The van der Waals surface area contributed by atoms with Crippen LogP contribution in [0.15, 0.2) is 67.1 Å². The molecule has 1 aromatic heterocycles. The largest absolute Gasteiger partial charge is 0.370 e. The summed E-state index contributed by atoms with van der Waals surface area (Å²) in [4.78, 5) is 6.86. The van der Waals surface area contributed by atoms with Gasteiger partial charge in [0.2, 0.25) is 0 Å². The van der Waals surface area contributed by atoms with Gasteiger partial charge in [-0.05, 0) is 42.7 Å². The zero-order valence-electron chi connectivity index (χ0n) is 16.7. The van der Waals surface area contributed by atoms with Gasteiger partial charge in [0.15, 0.2) is 0 Å². The van der Waals surface area contributed by atoms with Gasteiger partial charge in [-0.2, -0.15) is 5.26 Å². The molecule has 1 unspecified atom stereocenters. The summed E-state index contributed by atoms with van der Waals surface area (Å²) in [6.45, 7) is 3.74. The van der Waals surface area contributed by atoms with Crippen molar-refractivity contribution >= 4 is 5.69 Å². The Morgan fingerprint density at radius 3 is 2.69 bits per heavy atom. The van der Waals surface area contributed by atoms with Gasteiger partial charge >= 0.3 is 0 Å². The van der Waals surface area contributed by atoms with E-state index in [1.807, 2.05) is 36.8 Å². The molecule has 0 spiro atoms. The van der Waals surface area contributed by atoms with E-state index in [0.29, 0.717) is 11.6 Å². The third-order valence-corrected chi connectivity index (χ3v) is 5.60. The standard InChI is InChI=1S/C24H27N5/c25-14-20-9-11-21(12-10-20)17-29-19-26-15-24(29)16-27-22-6-4-5-13-28(18-22)23-7-2-1-3-8-23/h1-3,7-12,15,19,22,27H,4-6,13,16-18H2. The Morgan fingerprint density at radius 2 is 1.90 bits per heavy atom. The number of hydrogen-bond acceptors (Lipinski definition) is 4. The Balaban J connectivity index is 1.37. The monoisotopic (exact) mass is 385 g/mol. The van der Waals surface area contributed by atoms with Gasteiger partial charge in [-0.25, -0.2) is 4.98 Å². The van der Waals surface area contributed by atoms with Gasteiger partial charge in [-0.1, -0.05) is 36.8 Å². The van der Waals surface area contributed by atoms with E-state index in [0.717, 1.165) is 26.2 Å². The van der Waals surface area contributed by atoms with E-state index in [2.05, 4.69) is 56.2 Å². The molecule has 0 bridgehead atoms. The number of benzene rings is 2. The molecule has 0 saturated carbocycles. The van der Waals surface area contributed by atoms with Gasteiger partial charge in [0.1, 0.15) is 0 Å². The third kappa shape index (κ3) is 5.04. The lowest BCUT2D eigenvalue weighted by Crippen LogP contribution is -2.39. The van der Waals surface area contributed by atoms with Gasteiger partial charge < -0.3 is 14.8 Å². The highest BCUT2D eigenvalue weighted by molar-refractivity contribution is 5.46. The lowest BCUT2D eigenvalue weighted by Gasteiger charge is -2.27. The number of nitrogens with one attached hydrogen (secondary N) is 1. The first-order valence-corrected chi connectivity index (χ1v) is 10.3. The van der Waals surface area contributed by atoms with Gasteiger partial charge in [0.05, 0.1) is 23.7 Å². The summed E-state index contributed by atoms with van der Waals surface area (Å²) in [7, 11) is 0. The van der Waals surface area contributed by atoms with Crippen molar-refractivity contribution in [2.24, 2.45) is 0 Å². The lowest BCUT2D eigenvalue weighted by atomic mass is 10.1. The Bertz CT molecular complexity index is 939. The van der Waals surface area contributed by atoms with Crippen molar-refractivity contribution in [3.8, 4) is 6.07 Å². The minimum absolute atomic E-state index is 0.468. The topological polar surface area (TPSA) is 56.9 Å². The number of nitriles is 1. The zero-order valence-corrected chi connectivity index (χ0v) is 16.7. The maximum atomic E-state index is 8.96. The molecular formula is C24H27N5. The molecule has 2 aromatic carbocycles. The second-order valence-electron chi connectivity index (χ2n) is 7.68. The highest BCUT2D eigenvalue weighted by Gasteiger charge is 2.18. The molecule has 148 valence electrons. The number of imidazole rings is 1. The Morgan fingerprint density at radius 1 is 1.07 bits per heavy atom. The second-order valence-corrected chi connectivity index (χ2v) is 7.68. The van der Waals surface area contributed by atoms with Crippen LogP contribution in [-0.2, 0) is 13.1 Å². The van der Waals surface area contributed by atoms with E-state index in [9.17, 15) is 0 Å².